The number of benzene rings is 2. The predicted molar refractivity (Wildman–Crippen MR) is 74.5 cm³/mol. The summed E-state index contributed by atoms with van der Waals surface area (Å²) in [5.74, 6) is -0.140. The van der Waals surface area contributed by atoms with Crippen LogP contribution in [-0.2, 0) is 6.54 Å². The maximum atomic E-state index is 13.0. The van der Waals surface area contributed by atoms with Crippen LogP contribution in [0.2, 0.25) is 5.02 Å². The number of rotatable bonds is 3. The first kappa shape index (κ1) is 13.2. The maximum absolute atomic E-state index is 13.0. The summed E-state index contributed by atoms with van der Waals surface area (Å²) in [7, 11) is 0. The molecule has 0 bridgehead atoms. The van der Waals surface area contributed by atoms with Crippen molar-refractivity contribution in [2.24, 2.45) is 0 Å². The molecule has 0 atom stereocenters. The quantitative estimate of drug-likeness (QED) is 0.864. The Morgan fingerprint density at radius 3 is 2.72 bits per heavy atom. The molecule has 2 rings (SSSR count). The van der Waals surface area contributed by atoms with Crippen molar-refractivity contribution >= 4 is 33.2 Å². The van der Waals surface area contributed by atoms with Crippen LogP contribution in [0.1, 0.15) is 5.56 Å². The van der Waals surface area contributed by atoms with Gasteiger partial charge in [0, 0.05) is 22.8 Å². The van der Waals surface area contributed by atoms with E-state index in [0.29, 0.717) is 21.6 Å². The molecule has 0 saturated carbocycles. The normalized spacial score (nSPS) is 10.4. The van der Waals surface area contributed by atoms with Crippen LogP contribution in [0.15, 0.2) is 40.9 Å². The molecular formula is C13H10BrClFNO. The number of hydrogen-bond acceptors (Lipinski definition) is 2. The van der Waals surface area contributed by atoms with Crippen LogP contribution in [-0.4, -0.2) is 5.11 Å². The van der Waals surface area contributed by atoms with E-state index in [4.69, 9.17) is 11.6 Å². The van der Waals surface area contributed by atoms with Crippen molar-refractivity contribution in [1.29, 1.82) is 0 Å². The van der Waals surface area contributed by atoms with Gasteiger partial charge in [0.2, 0.25) is 0 Å². The molecule has 0 aliphatic carbocycles. The smallest absolute Gasteiger partial charge is 0.137 e. The number of hydrogen-bond donors (Lipinski definition) is 2. The van der Waals surface area contributed by atoms with Gasteiger partial charge in [-0.25, -0.2) is 4.39 Å². The molecule has 18 heavy (non-hydrogen) atoms. The van der Waals surface area contributed by atoms with E-state index in [1.807, 2.05) is 0 Å². The lowest BCUT2D eigenvalue weighted by Gasteiger charge is -2.09. The summed E-state index contributed by atoms with van der Waals surface area (Å²) in [5.41, 5.74) is 1.44. The number of anilines is 1. The highest BCUT2D eigenvalue weighted by Crippen LogP contribution is 2.24. The summed E-state index contributed by atoms with van der Waals surface area (Å²) in [6.07, 6.45) is 0. The van der Waals surface area contributed by atoms with Crippen molar-refractivity contribution in [2.45, 2.75) is 6.54 Å². The molecule has 0 aliphatic heterocycles. The molecule has 0 unspecified atom stereocenters. The highest BCUT2D eigenvalue weighted by molar-refractivity contribution is 9.10. The summed E-state index contributed by atoms with van der Waals surface area (Å²) in [6.45, 7) is 0.407. The monoisotopic (exact) mass is 329 g/mol. The Morgan fingerprint density at radius 2 is 2.00 bits per heavy atom. The van der Waals surface area contributed by atoms with Gasteiger partial charge in [-0.3, -0.25) is 0 Å². The lowest BCUT2D eigenvalue weighted by Crippen LogP contribution is -2.00. The average Bonchev–Trinajstić information content (AvgIpc) is 2.34. The van der Waals surface area contributed by atoms with Crippen molar-refractivity contribution < 1.29 is 9.50 Å². The summed E-state index contributed by atoms with van der Waals surface area (Å²) in [4.78, 5) is 0. The largest absolute Gasteiger partial charge is 0.508 e. The minimum atomic E-state index is -0.314. The molecule has 0 amide bonds. The molecule has 0 radical (unpaired) electrons. The Labute approximate surface area is 118 Å². The van der Waals surface area contributed by atoms with Gasteiger partial charge in [-0.2, -0.15) is 0 Å². The summed E-state index contributed by atoms with van der Waals surface area (Å²) < 4.78 is 13.4. The Bertz CT molecular complexity index is 577. The van der Waals surface area contributed by atoms with E-state index in [1.165, 1.54) is 6.07 Å². The fraction of sp³-hybridized carbons (Fsp3) is 0.0769. The van der Waals surface area contributed by atoms with E-state index in [2.05, 4.69) is 21.2 Å². The zero-order valence-electron chi connectivity index (χ0n) is 9.25. The van der Waals surface area contributed by atoms with E-state index < -0.39 is 0 Å². The first-order valence-corrected chi connectivity index (χ1v) is 6.39. The van der Waals surface area contributed by atoms with Gasteiger partial charge in [-0.1, -0.05) is 11.6 Å². The minimum Gasteiger partial charge on any atom is -0.508 e. The summed E-state index contributed by atoms with van der Waals surface area (Å²) in [6, 6.07) is 9.47. The van der Waals surface area contributed by atoms with Crippen molar-refractivity contribution in [3.05, 3.63) is 57.3 Å². The van der Waals surface area contributed by atoms with Crippen LogP contribution in [0.3, 0.4) is 0 Å². The van der Waals surface area contributed by atoms with E-state index in [9.17, 15) is 9.50 Å². The lowest BCUT2D eigenvalue weighted by molar-refractivity contribution is 0.469. The van der Waals surface area contributed by atoms with Gasteiger partial charge < -0.3 is 10.4 Å². The van der Waals surface area contributed by atoms with Crippen molar-refractivity contribution in [1.82, 2.24) is 0 Å². The first-order chi connectivity index (χ1) is 8.56. The van der Waals surface area contributed by atoms with Gasteiger partial charge in [0.15, 0.2) is 0 Å². The maximum Gasteiger partial charge on any atom is 0.137 e. The third-order valence-corrected chi connectivity index (χ3v) is 3.29. The molecular weight excluding hydrogens is 321 g/mol. The minimum absolute atomic E-state index is 0.174. The van der Waals surface area contributed by atoms with Crippen molar-refractivity contribution in [3.63, 3.8) is 0 Å². The number of halogens is 3. The molecule has 2 N–H and O–H groups in total. The molecule has 0 fully saturated rings. The first-order valence-electron chi connectivity index (χ1n) is 5.22. The molecule has 0 saturated heterocycles. The zero-order valence-corrected chi connectivity index (χ0v) is 11.6. The van der Waals surface area contributed by atoms with Crippen LogP contribution in [0.4, 0.5) is 10.1 Å². The van der Waals surface area contributed by atoms with Gasteiger partial charge in [0.1, 0.15) is 11.6 Å². The van der Waals surface area contributed by atoms with Gasteiger partial charge in [0.05, 0.1) is 4.47 Å². The molecule has 5 heteroatoms. The highest BCUT2D eigenvalue weighted by atomic mass is 79.9. The fourth-order valence-corrected chi connectivity index (χ4v) is 2.07. The topological polar surface area (TPSA) is 32.3 Å². The molecule has 0 aromatic heterocycles. The van der Waals surface area contributed by atoms with Crippen LogP contribution >= 0.6 is 27.5 Å². The van der Waals surface area contributed by atoms with Gasteiger partial charge >= 0.3 is 0 Å². The average molecular weight is 331 g/mol. The number of aromatic hydroxyl groups is 1. The van der Waals surface area contributed by atoms with E-state index in [-0.39, 0.29) is 11.6 Å². The second-order valence-electron chi connectivity index (χ2n) is 3.76. The molecule has 94 valence electrons. The molecule has 0 aliphatic rings. The zero-order chi connectivity index (χ0) is 13.1. The van der Waals surface area contributed by atoms with Crippen LogP contribution in [0.5, 0.6) is 5.75 Å². The van der Waals surface area contributed by atoms with Crippen molar-refractivity contribution in [3.8, 4) is 5.75 Å². The fourth-order valence-electron chi connectivity index (χ4n) is 1.50. The molecule has 2 aromatic rings. The standard InChI is InChI=1S/C13H10BrClFNO/c14-11-6-10(2-3-12(11)16)17-7-8-5-9(15)1-4-13(8)18/h1-6,17-18H,7H2. The molecule has 2 nitrogen and oxygen atoms in total. The molecule has 0 spiro atoms. The Balaban J connectivity index is 2.11. The summed E-state index contributed by atoms with van der Waals surface area (Å²) >= 11 is 8.96. The molecule has 2 aromatic carbocycles. The third kappa shape index (κ3) is 3.15. The highest BCUT2D eigenvalue weighted by Gasteiger charge is 2.04. The number of phenols is 1. The Kier molecular flexibility index (Phi) is 4.09. The molecule has 0 heterocycles. The number of phenolic OH excluding ortho intramolecular Hbond substituents is 1. The van der Waals surface area contributed by atoms with Crippen LogP contribution in [0.25, 0.3) is 0 Å². The van der Waals surface area contributed by atoms with Crippen LogP contribution in [0, 0.1) is 5.82 Å². The Hall–Kier alpha value is -1.26. The van der Waals surface area contributed by atoms with Crippen LogP contribution < -0.4 is 5.32 Å². The van der Waals surface area contributed by atoms with E-state index in [1.54, 1.807) is 30.3 Å². The number of nitrogens with one attached hydrogen (secondary N) is 1. The van der Waals surface area contributed by atoms with Gasteiger partial charge in [0.25, 0.3) is 0 Å². The van der Waals surface area contributed by atoms with Crippen molar-refractivity contribution in [2.75, 3.05) is 5.32 Å². The Morgan fingerprint density at radius 1 is 1.22 bits per heavy atom. The second-order valence-corrected chi connectivity index (χ2v) is 5.05. The third-order valence-electron chi connectivity index (χ3n) is 2.44. The van der Waals surface area contributed by atoms with Gasteiger partial charge in [-0.15, -0.1) is 0 Å². The SMILES string of the molecule is Oc1ccc(Cl)cc1CNc1ccc(F)c(Br)c1. The van der Waals surface area contributed by atoms with E-state index >= 15 is 0 Å². The summed E-state index contributed by atoms with van der Waals surface area (Å²) in [5, 5.41) is 13.3. The van der Waals surface area contributed by atoms with E-state index in [0.717, 1.165) is 5.69 Å². The van der Waals surface area contributed by atoms with Gasteiger partial charge in [-0.05, 0) is 52.3 Å². The predicted octanol–water partition coefficient (Wildman–Crippen LogP) is 4.56. The lowest BCUT2D eigenvalue weighted by atomic mass is 10.2. The second kappa shape index (κ2) is 5.59.